The first-order valence-electron chi connectivity index (χ1n) is 5.97. The number of nitrogens with one attached hydrogen (secondary N) is 1. The summed E-state index contributed by atoms with van der Waals surface area (Å²) in [5, 5.41) is 14.3. The summed E-state index contributed by atoms with van der Waals surface area (Å²) >= 11 is 0. The number of anilines is 1. The van der Waals surface area contributed by atoms with Crippen LogP contribution in [0.4, 0.5) is 10.2 Å². The van der Waals surface area contributed by atoms with Crippen LogP contribution in [0.3, 0.4) is 0 Å². The highest BCUT2D eigenvalue weighted by atomic mass is 19.1. The molecule has 0 aliphatic heterocycles. The van der Waals surface area contributed by atoms with Crippen molar-refractivity contribution >= 4 is 17.0 Å². The lowest BCUT2D eigenvalue weighted by Crippen LogP contribution is -2.32. The topological polar surface area (TPSA) is 152 Å². The van der Waals surface area contributed by atoms with E-state index in [-0.39, 0.29) is 12.4 Å². The van der Waals surface area contributed by atoms with Crippen LogP contribution in [0.1, 0.15) is 6.23 Å². The number of hydrogen-bond donors (Lipinski definition) is 2. The number of alkyl halides is 1. The van der Waals surface area contributed by atoms with E-state index in [0.29, 0.717) is 11.2 Å². The van der Waals surface area contributed by atoms with Crippen molar-refractivity contribution in [2.75, 3.05) is 25.6 Å². The van der Waals surface area contributed by atoms with Crippen LogP contribution < -0.4 is 15.8 Å². The van der Waals surface area contributed by atoms with E-state index in [1.165, 1.54) is 17.2 Å². The van der Waals surface area contributed by atoms with Crippen molar-refractivity contribution in [1.82, 2.24) is 24.4 Å². The zero-order valence-corrected chi connectivity index (χ0v) is 10.9. The maximum absolute atomic E-state index is 12.7. The van der Waals surface area contributed by atoms with E-state index in [2.05, 4.69) is 25.0 Å². The lowest BCUT2D eigenvalue weighted by atomic mass is 10.4. The molecule has 3 N–H and O–H groups in total. The van der Waals surface area contributed by atoms with Crippen LogP contribution in [0.2, 0.25) is 0 Å². The van der Waals surface area contributed by atoms with Gasteiger partial charge in [0.05, 0.1) is 12.4 Å². The Morgan fingerprint density at radius 3 is 3.00 bits per heavy atom. The number of nitrogens with zero attached hydrogens (tertiary/aromatic N) is 6. The van der Waals surface area contributed by atoms with Gasteiger partial charge in [-0.3, -0.25) is 4.57 Å². The zero-order valence-electron chi connectivity index (χ0n) is 10.9. The molecule has 0 aliphatic rings. The molecule has 0 spiro atoms. The van der Waals surface area contributed by atoms with Crippen LogP contribution in [0.5, 0.6) is 0 Å². The van der Waals surface area contributed by atoms with Gasteiger partial charge >= 0.3 is 0 Å². The molecule has 0 saturated carbocycles. The van der Waals surface area contributed by atoms with E-state index in [1.54, 1.807) is 0 Å². The lowest BCUT2D eigenvalue weighted by molar-refractivity contribution is -0.390. The number of imidazole rings is 1. The molecule has 0 aromatic carbocycles. The van der Waals surface area contributed by atoms with Crippen molar-refractivity contribution in [2.24, 2.45) is 5.11 Å². The molecule has 2 rings (SSSR count). The summed E-state index contributed by atoms with van der Waals surface area (Å²) in [4.78, 5) is 14.8. The number of hydrogen-bond acceptors (Lipinski definition) is 8. The average Bonchev–Trinajstić information content (AvgIpc) is 2.93. The van der Waals surface area contributed by atoms with Gasteiger partial charge in [-0.15, -0.1) is 6.61 Å². The second kappa shape index (κ2) is 6.79. The maximum atomic E-state index is 12.7. The van der Waals surface area contributed by atoms with Crippen molar-refractivity contribution in [1.29, 1.82) is 5.53 Å². The van der Waals surface area contributed by atoms with Gasteiger partial charge in [0.25, 0.3) is 0 Å². The molecular formula is C10H13FN8O2. The van der Waals surface area contributed by atoms with Crippen LogP contribution in [-0.4, -0.2) is 45.4 Å². The minimum absolute atomic E-state index is 0.0879. The van der Waals surface area contributed by atoms with Crippen LogP contribution in [-0.2, 0) is 4.74 Å². The van der Waals surface area contributed by atoms with Gasteiger partial charge in [0, 0.05) is 0 Å². The largest absolute Gasteiger partial charge is 0.853 e. The maximum Gasteiger partial charge on any atom is 0.214 e. The van der Waals surface area contributed by atoms with Crippen molar-refractivity contribution in [3.05, 3.63) is 12.7 Å². The summed E-state index contributed by atoms with van der Waals surface area (Å²) in [6, 6.07) is 0. The highest BCUT2D eigenvalue weighted by molar-refractivity contribution is 5.81. The molecule has 0 amide bonds. The second-order valence-corrected chi connectivity index (χ2v) is 4.04. The third-order valence-corrected chi connectivity index (χ3v) is 2.71. The quantitative estimate of drug-likeness (QED) is 0.502. The molecule has 2 aromatic rings. The Kier molecular flexibility index (Phi) is 4.82. The molecule has 21 heavy (non-hydrogen) atoms. The van der Waals surface area contributed by atoms with Gasteiger partial charge in [-0.25, -0.2) is 19.3 Å². The van der Waals surface area contributed by atoms with E-state index in [9.17, 15) is 9.50 Å². The van der Waals surface area contributed by atoms with Gasteiger partial charge in [0.2, 0.25) is 4.91 Å². The Morgan fingerprint density at radius 2 is 2.33 bits per heavy atom. The second-order valence-electron chi connectivity index (χ2n) is 4.04. The molecule has 0 radical (unpaired) electrons. The van der Waals surface area contributed by atoms with Crippen LogP contribution >= 0.6 is 0 Å². The van der Waals surface area contributed by atoms with Gasteiger partial charge in [0.1, 0.15) is 29.2 Å². The van der Waals surface area contributed by atoms with Crippen LogP contribution in [0.15, 0.2) is 17.8 Å². The normalized spacial score (nSPS) is 13.8. The van der Waals surface area contributed by atoms with Crippen LogP contribution in [0.25, 0.3) is 11.2 Å². The minimum atomic E-state index is -1.13. The smallest absolute Gasteiger partial charge is 0.214 e. The highest BCUT2D eigenvalue weighted by Gasteiger charge is 2.21. The number of nitrogens with two attached hydrogens (primary N) is 1. The van der Waals surface area contributed by atoms with Gasteiger partial charge in [-0.05, 0) is 0 Å². The first-order valence-corrected chi connectivity index (χ1v) is 5.97. The Labute approximate surface area is 118 Å². The lowest BCUT2D eigenvalue weighted by Gasteiger charge is -2.23. The van der Waals surface area contributed by atoms with Gasteiger partial charge < -0.3 is 15.6 Å². The third-order valence-electron chi connectivity index (χ3n) is 2.71. The first kappa shape index (κ1) is 14.9. The first-order chi connectivity index (χ1) is 10.2. The molecule has 11 heteroatoms. The Balaban J connectivity index is 2.38. The number of nitrogen functional groups attached to an aromatic ring is 1. The molecule has 0 fully saturated rings. The van der Waals surface area contributed by atoms with Gasteiger partial charge in [-0.2, -0.15) is 0 Å². The summed E-state index contributed by atoms with van der Waals surface area (Å²) in [7, 11) is 0. The zero-order chi connectivity index (χ0) is 15.2. The van der Waals surface area contributed by atoms with E-state index in [0.717, 1.165) is 0 Å². The van der Waals surface area contributed by atoms with E-state index < -0.39 is 25.6 Å². The molecule has 2 aromatic heterocycles. The molecule has 0 aliphatic carbocycles. The van der Waals surface area contributed by atoms with E-state index >= 15 is 0 Å². The van der Waals surface area contributed by atoms with Gasteiger partial charge in [-0.1, -0.05) is 0 Å². The molecule has 0 saturated heterocycles. The van der Waals surface area contributed by atoms with Crippen LogP contribution in [0, 0.1) is 5.53 Å². The van der Waals surface area contributed by atoms with Crippen molar-refractivity contribution in [3.8, 4) is 0 Å². The average molecular weight is 296 g/mol. The van der Waals surface area contributed by atoms with Crippen molar-refractivity contribution in [2.45, 2.75) is 12.3 Å². The number of ether oxygens (including phenoxy) is 1. The van der Waals surface area contributed by atoms with E-state index in [1.807, 2.05) is 0 Å². The molecule has 2 atom stereocenters. The molecule has 2 heterocycles. The Hall–Kier alpha value is -2.49. The molecule has 0 unspecified atom stereocenters. The molecule has 112 valence electrons. The summed E-state index contributed by atoms with van der Waals surface area (Å²) in [5.74, 6) is 0.186. The summed E-state index contributed by atoms with van der Waals surface area (Å²) in [5.41, 5.74) is 13.1. The molecule has 10 nitrogen and oxygen atoms in total. The predicted octanol–water partition coefficient (Wildman–Crippen LogP) is -0.828. The monoisotopic (exact) mass is 296 g/mol. The standard InChI is InChI=1S/C10H13FN8O2/c11-1-6(3-20)21-7(2-17-18-13)19-5-16-8-9(12)14-4-15-10(8)19/h4-7,13H,1-3H2,(H2,12,14,15)/t6-,7+/m0/s1. The Morgan fingerprint density at radius 1 is 1.52 bits per heavy atom. The fraction of sp³-hybridized carbons (Fsp3) is 0.500. The highest BCUT2D eigenvalue weighted by Crippen LogP contribution is 2.21. The predicted molar refractivity (Wildman–Crippen MR) is 66.6 cm³/mol. The fourth-order valence-corrected chi connectivity index (χ4v) is 1.73. The number of halogens is 1. The summed E-state index contributed by atoms with van der Waals surface area (Å²) in [6.45, 7) is -1.76. The fourth-order valence-electron chi connectivity index (χ4n) is 1.73. The SMILES string of the molecule is N=[N+]=NC[C@@H](O[C@H](C[O-])CF)n1cnc2c(N)ncnc21. The number of fused-ring (bicyclic) bond motifs is 1. The third kappa shape index (κ3) is 3.16. The summed E-state index contributed by atoms with van der Waals surface area (Å²) in [6.07, 6.45) is 0.625. The number of aromatic nitrogens is 4. The number of rotatable bonds is 7. The minimum Gasteiger partial charge on any atom is -0.853 e. The molecule has 0 bridgehead atoms. The van der Waals surface area contributed by atoms with Crippen molar-refractivity contribution in [3.63, 3.8) is 0 Å². The Bertz CT molecular complexity index is 652. The summed E-state index contributed by atoms with van der Waals surface area (Å²) < 4.78 is 19.5. The van der Waals surface area contributed by atoms with Gasteiger partial charge in [0.15, 0.2) is 24.2 Å². The van der Waals surface area contributed by atoms with Crippen molar-refractivity contribution < 1.29 is 14.2 Å². The van der Waals surface area contributed by atoms with E-state index in [4.69, 9.17) is 16.0 Å². The molecular weight excluding hydrogens is 283 g/mol.